The molecule has 0 aliphatic heterocycles. The Morgan fingerprint density at radius 1 is 1.04 bits per heavy atom. The van der Waals surface area contributed by atoms with Crippen LogP contribution in [0.4, 0.5) is 11.4 Å². The minimum absolute atomic E-state index is 0.380. The Balaban J connectivity index is 1.98. The molecule has 2 N–H and O–H groups in total. The fourth-order valence-corrected chi connectivity index (χ4v) is 3.06. The largest absolute Gasteiger partial charge is 0.369 e. The van der Waals surface area contributed by atoms with Crippen LogP contribution in [0.15, 0.2) is 76.6 Å². The first-order valence-corrected chi connectivity index (χ1v) is 9.11. The van der Waals surface area contributed by atoms with E-state index in [4.69, 9.17) is 5.73 Å². The summed E-state index contributed by atoms with van der Waals surface area (Å²) >= 11 is 0. The van der Waals surface area contributed by atoms with E-state index >= 15 is 0 Å². The first-order chi connectivity index (χ1) is 11.6. The second kappa shape index (κ2) is 6.84. The summed E-state index contributed by atoms with van der Waals surface area (Å²) in [6, 6.07) is 21.5. The Morgan fingerprint density at radius 2 is 1.75 bits per heavy atom. The number of hydrogen-bond acceptors (Lipinski definition) is 2. The van der Waals surface area contributed by atoms with Gasteiger partial charge in [-0.2, -0.15) is 0 Å². The molecule has 5 heteroatoms. The normalized spacial score (nSPS) is 13.0. The summed E-state index contributed by atoms with van der Waals surface area (Å²) in [4.78, 5) is 7.13. The van der Waals surface area contributed by atoms with E-state index < -0.39 is 10.8 Å². The number of rotatable bonds is 3. The van der Waals surface area contributed by atoms with E-state index in [-0.39, 0.29) is 0 Å². The van der Waals surface area contributed by atoms with Crippen molar-refractivity contribution >= 4 is 38.9 Å². The van der Waals surface area contributed by atoms with Crippen LogP contribution in [0.5, 0.6) is 0 Å². The van der Waals surface area contributed by atoms with E-state index in [1.165, 1.54) is 0 Å². The van der Waals surface area contributed by atoms with E-state index in [2.05, 4.69) is 4.99 Å². The molecule has 122 valence electrons. The fraction of sp³-hybridized carbons (Fsp3) is 0.105. The molecule has 3 aromatic rings. The van der Waals surface area contributed by atoms with Crippen LogP contribution in [0.25, 0.3) is 10.8 Å². The molecule has 3 aromatic carbocycles. The molecule has 3 rings (SSSR count). The highest BCUT2D eigenvalue weighted by atomic mass is 32.2. The topological polar surface area (TPSA) is 58.7 Å². The van der Waals surface area contributed by atoms with Gasteiger partial charge >= 0.3 is 0 Å². The Hall–Kier alpha value is -2.66. The number of hydrogen-bond donors (Lipinski definition) is 1. The van der Waals surface area contributed by atoms with Gasteiger partial charge in [0.05, 0.1) is 5.69 Å². The van der Waals surface area contributed by atoms with E-state index in [0.29, 0.717) is 5.96 Å². The fourth-order valence-electron chi connectivity index (χ4n) is 2.51. The van der Waals surface area contributed by atoms with Gasteiger partial charge in [0.2, 0.25) is 5.96 Å². The van der Waals surface area contributed by atoms with Gasteiger partial charge in [-0.05, 0) is 29.7 Å². The Morgan fingerprint density at radius 3 is 2.54 bits per heavy atom. The van der Waals surface area contributed by atoms with Crippen LogP contribution in [-0.4, -0.2) is 23.5 Å². The second-order valence-corrected chi connectivity index (χ2v) is 6.86. The number of nitrogens with zero attached hydrogens (tertiary/aromatic N) is 2. The summed E-state index contributed by atoms with van der Waals surface area (Å²) in [5.74, 6) is 0.380. The third-order valence-electron chi connectivity index (χ3n) is 3.88. The number of benzene rings is 3. The minimum atomic E-state index is -1.03. The SMILES string of the molecule is CN(C(N)=Nc1cccc2ccccc12)c1cccc(S(C)=O)c1. The van der Waals surface area contributed by atoms with Crippen molar-refractivity contribution in [1.29, 1.82) is 0 Å². The number of fused-ring (bicyclic) bond motifs is 1. The molecule has 4 nitrogen and oxygen atoms in total. The predicted molar refractivity (Wildman–Crippen MR) is 102 cm³/mol. The van der Waals surface area contributed by atoms with E-state index in [1.54, 1.807) is 11.2 Å². The Kier molecular flexibility index (Phi) is 4.62. The maximum Gasteiger partial charge on any atom is 0.200 e. The summed E-state index contributed by atoms with van der Waals surface area (Å²) in [6.45, 7) is 0. The molecule has 1 atom stereocenters. The van der Waals surface area contributed by atoms with Crippen LogP contribution in [-0.2, 0) is 10.8 Å². The lowest BCUT2D eigenvalue weighted by Gasteiger charge is -2.19. The van der Waals surface area contributed by atoms with Gasteiger partial charge in [-0.1, -0.05) is 42.5 Å². The molecule has 0 aromatic heterocycles. The number of anilines is 1. The average Bonchev–Trinajstić information content (AvgIpc) is 2.61. The number of nitrogens with two attached hydrogens (primary N) is 1. The monoisotopic (exact) mass is 337 g/mol. The molecule has 0 heterocycles. The van der Waals surface area contributed by atoms with Gasteiger partial charge in [-0.25, -0.2) is 4.99 Å². The van der Waals surface area contributed by atoms with Crippen molar-refractivity contribution in [1.82, 2.24) is 0 Å². The number of aliphatic imine (C=N–C) groups is 1. The zero-order valence-corrected chi connectivity index (χ0v) is 14.5. The summed E-state index contributed by atoms with van der Waals surface area (Å²) < 4.78 is 11.7. The first kappa shape index (κ1) is 16.2. The average molecular weight is 337 g/mol. The maximum absolute atomic E-state index is 11.7. The summed E-state index contributed by atoms with van der Waals surface area (Å²) in [5.41, 5.74) is 7.88. The summed E-state index contributed by atoms with van der Waals surface area (Å²) in [6.07, 6.45) is 1.66. The summed E-state index contributed by atoms with van der Waals surface area (Å²) in [5, 5.41) is 2.18. The van der Waals surface area contributed by atoms with E-state index in [0.717, 1.165) is 27.0 Å². The third-order valence-corrected chi connectivity index (χ3v) is 4.80. The molecule has 24 heavy (non-hydrogen) atoms. The molecule has 1 unspecified atom stereocenters. The van der Waals surface area contributed by atoms with Crippen LogP contribution >= 0.6 is 0 Å². The van der Waals surface area contributed by atoms with Gasteiger partial charge in [0.1, 0.15) is 0 Å². The maximum atomic E-state index is 11.7. The van der Waals surface area contributed by atoms with Gasteiger partial charge in [0.25, 0.3) is 0 Å². The lowest BCUT2D eigenvalue weighted by molar-refractivity contribution is 0.687. The van der Waals surface area contributed by atoms with Gasteiger partial charge in [-0.15, -0.1) is 0 Å². The Bertz CT molecular complexity index is 931. The molecule has 0 bridgehead atoms. The molecule has 0 fully saturated rings. The van der Waals surface area contributed by atoms with Crippen LogP contribution < -0.4 is 10.6 Å². The van der Waals surface area contributed by atoms with E-state index in [1.807, 2.05) is 73.8 Å². The summed E-state index contributed by atoms with van der Waals surface area (Å²) in [7, 11) is 0.816. The van der Waals surface area contributed by atoms with Crippen LogP contribution in [0.1, 0.15) is 0 Å². The van der Waals surface area contributed by atoms with Crippen LogP contribution in [0, 0.1) is 0 Å². The highest BCUT2D eigenvalue weighted by Gasteiger charge is 2.08. The molecule has 0 aliphatic rings. The zero-order valence-electron chi connectivity index (χ0n) is 13.6. The van der Waals surface area contributed by atoms with Crippen molar-refractivity contribution in [3.05, 3.63) is 66.7 Å². The predicted octanol–water partition coefficient (Wildman–Crippen LogP) is 3.66. The highest BCUT2D eigenvalue weighted by molar-refractivity contribution is 7.84. The van der Waals surface area contributed by atoms with Crippen molar-refractivity contribution < 1.29 is 4.21 Å². The quantitative estimate of drug-likeness (QED) is 0.586. The second-order valence-electron chi connectivity index (χ2n) is 5.48. The van der Waals surface area contributed by atoms with Crippen molar-refractivity contribution in [3.8, 4) is 0 Å². The minimum Gasteiger partial charge on any atom is -0.369 e. The van der Waals surface area contributed by atoms with E-state index in [9.17, 15) is 4.21 Å². The lowest BCUT2D eigenvalue weighted by Crippen LogP contribution is -2.33. The molecule has 0 radical (unpaired) electrons. The van der Waals surface area contributed by atoms with Crippen molar-refractivity contribution in [3.63, 3.8) is 0 Å². The van der Waals surface area contributed by atoms with Crippen molar-refractivity contribution in [2.75, 3.05) is 18.2 Å². The molecule has 0 saturated carbocycles. The molecule has 0 spiro atoms. The van der Waals surface area contributed by atoms with Crippen molar-refractivity contribution in [2.45, 2.75) is 4.90 Å². The first-order valence-electron chi connectivity index (χ1n) is 7.55. The van der Waals surface area contributed by atoms with Crippen molar-refractivity contribution in [2.24, 2.45) is 10.7 Å². The standard InChI is InChI=1S/C19H19N3OS/c1-22(15-9-6-10-16(13-15)24(2)23)19(20)21-18-12-5-8-14-7-3-4-11-17(14)18/h3-13H,1-2H3,(H2,20,21). The highest BCUT2D eigenvalue weighted by Crippen LogP contribution is 2.26. The van der Waals surface area contributed by atoms with Gasteiger partial charge in [0.15, 0.2) is 0 Å². The third kappa shape index (κ3) is 3.31. The molecule has 0 saturated heterocycles. The van der Waals surface area contributed by atoms with Crippen LogP contribution in [0.2, 0.25) is 0 Å². The molecule has 0 aliphatic carbocycles. The van der Waals surface area contributed by atoms with Crippen LogP contribution in [0.3, 0.4) is 0 Å². The molecular formula is C19H19N3OS. The zero-order chi connectivity index (χ0) is 17.1. The lowest BCUT2D eigenvalue weighted by atomic mass is 10.1. The number of guanidine groups is 1. The molecular weight excluding hydrogens is 318 g/mol. The van der Waals surface area contributed by atoms with Gasteiger partial charge in [-0.3, -0.25) is 4.21 Å². The molecule has 0 amide bonds. The van der Waals surface area contributed by atoms with Gasteiger partial charge < -0.3 is 10.6 Å². The van der Waals surface area contributed by atoms with Gasteiger partial charge in [0, 0.05) is 40.1 Å². The smallest absolute Gasteiger partial charge is 0.200 e. The Labute approximate surface area is 144 Å².